The summed E-state index contributed by atoms with van der Waals surface area (Å²) in [4.78, 5) is 28.2. The molecule has 3 rings (SSSR count). The van der Waals surface area contributed by atoms with Gasteiger partial charge in [-0.2, -0.15) is 0 Å². The van der Waals surface area contributed by atoms with E-state index in [9.17, 15) is 9.59 Å². The predicted molar refractivity (Wildman–Crippen MR) is 96.2 cm³/mol. The smallest absolute Gasteiger partial charge is 0.244 e. The maximum atomic E-state index is 12.6. The fraction of sp³-hybridized carbons (Fsp3) is 0.579. The molecule has 2 aliphatic rings. The Morgan fingerprint density at radius 2 is 1.67 bits per heavy atom. The molecular formula is C19H27N3O2. The van der Waals surface area contributed by atoms with Gasteiger partial charge in [0.15, 0.2) is 0 Å². The maximum Gasteiger partial charge on any atom is 0.244 e. The molecule has 2 saturated heterocycles. The number of nitrogens with one attached hydrogen (secondary N) is 1. The molecular weight excluding hydrogens is 302 g/mol. The topological polar surface area (TPSA) is 52.7 Å². The molecule has 0 aliphatic carbocycles. The van der Waals surface area contributed by atoms with Gasteiger partial charge in [-0.05, 0) is 50.5 Å². The minimum absolute atomic E-state index is 0.177. The highest BCUT2D eigenvalue weighted by atomic mass is 16.2. The molecule has 0 bridgehead atoms. The van der Waals surface area contributed by atoms with E-state index >= 15 is 0 Å². The molecule has 2 fully saturated rings. The number of amides is 2. The van der Waals surface area contributed by atoms with E-state index < -0.39 is 0 Å². The molecule has 1 aromatic rings. The van der Waals surface area contributed by atoms with Crippen LogP contribution in [0.4, 0.5) is 11.4 Å². The van der Waals surface area contributed by atoms with Crippen molar-refractivity contribution in [3.8, 4) is 0 Å². The lowest BCUT2D eigenvalue weighted by Crippen LogP contribution is -2.41. The standard InChI is InChI=1S/C19H27N3O2/c1-15(19(24)21-12-4-2-3-5-13-21)20-16-8-10-17(11-9-16)22-14-6-7-18(22)23/h8-11,15,20H,2-7,12-14H2,1H3. The van der Waals surface area contributed by atoms with Gasteiger partial charge < -0.3 is 15.1 Å². The van der Waals surface area contributed by atoms with Gasteiger partial charge in [-0.3, -0.25) is 9.59 Å². The van der Waals surface area contributed by atoms with E-state index in [1.165, 1.54) is 12.8 Å². The van der Waals surface area contributed by atoms with Crippen LogP contribution in [0.2, 0.25) is 0 Å². The molecule has 2 aliphatic heterocycles. The Morgan fingerprint density at radius 3 is 2.25 bits per heavy atom. The van der Waals surface area contributed by atoms with Crippen molar-refractivity contribution < 1.29 is 9.59 Å². The molecule has 1 aromatic carbocycles. The number of likely N-dealkylation sites (tertiary alicyclic amines) is 1. The van der Waals surface area contributed by atoms with Crippen LogP contribution in [0.1, 0.15) is 45.4 Å². The third kappa shape index (κ3) is 3.89. The zero-order valence-electron chi connectivity index (χ0n) is 14.5. The zero-order valence-corrected chi connectivity index (χ0v) is 14.5. The molecule has 0 radical (unpaired) electrons. The van der Waals surface area contributed by atoms with E-state index in [0.717, 1.165) is 50.3 Å². The van der Waals surface area contributed by atoms with Gasteiger partial charge in [-0.25, -0.2) is 0 Å². The fourth-order valence-electron chi connectivity index (χ4n) is 3.54. The molecule has 1 unspecified atom stereocenters. The normalized spacial score (nSPS) is 20.0. The van der Waals surface area contributed by atoms with Crippen molar-refractivity contribution in [2.75, 3.05) is 29.9 Å². The second-order valence-corrected chi connectivity index (χ2v) is 6.80. The number of carbonyl (C=O) groups excluding carboxylic acids is 2. The molecule has 2 amide bonds. The Kier molecular flexibility index (Phi) is 5.38. The second-order valence-electron chi connectivity index (χ2n) is 6.80. The van der Waals surface area contributed by atoms with Crippen LogP contribution in [0.3, 0.4) is 0 Å². The Labute approximate surface area is 144 Å². The zero-order chi connectivity index (χ0) is 16.9. The highest BCUT2D eigenvalue weighted by Gasteiger charge is 2.23. The number of benzene rings is 1. The summed E-state index contributed by atoms with van der Waals surface area (Å²) in [5, 5.41) is 3.29. The summed E-state index contributed by atoms with van der Waals surface area (Å²) in [6.07, 6.45) is 6.24. The van der Waals surface area contributed by atoms with Gasteiger partial charge in [0.25, 0.3) is 0 Å². The number of hydrogen-bond donors (Lipinski definition) is 1. The number of rotatable bonds is 4. The van der Waals surface area contributed by atoms with Crippen LogP contribution < -0.4 is 10.2 Å². The molecule has 0 saturated carbocycles. The number of carbonyl (C=O) groups is 2. The summed E-state index contributed by atoms with van der Waals surface area (Å²) in [6, 6.07) is 7.58. The second kappa shape index (κ2) is 7.69. The van der Waals surface area contributed by atoms with E-state index in [2.05, 4.69) is 5.32 Å². The van der Waals surface area contributed by atoms with Crippen molar-refractivity contribution in [3.63, 3.8) is 0 Å². The third-order valence-corrected chi connectivity index (χ3v) is 4.92. The quantitative estimate of drug-likeness (QED) is 0.924. The summed E-state index contributed by atoms with van der Waals surface area (Å²) < 4.78 is 0. The molecule has 5 nitrogen and oxygen atoms in total. The van der Waals surface area contributed by atoms with Crippen molar-refractivity contribution in [3.05, 3.63) is 24.3 Å². The first kappa shape index (κ1) is 16.8. The first-order valence-corrected chi connectivity index (χ1v) is 9.11. The lowest BCUT2D eigenvalue weighted by Gasteiger charge is -2.25. The van der Waals surface area contributed by atoms with Crippen LogP contribution in [0.5, 0.6) is 0 Å². The van der Waals surface area contributed by atoms with Crippen LogP contribution in [-0.2, 0) is 9.59 Å². The molecule has 5 heteroatoms. The third-order valence-electron chi connectivity index (χ3n) is 4.92. The van der Waals surface area contributed by atoms with Crippen LogP contribution >= 0.6 is 0 Å². The van der Waals surface area contributed by atoms with Crippen LogP contribution in [0.15, 0.2) is 24.3 Å². The largest absolute Gasteiger partial charge is 0.374 e. The van der Waals surface area contributed by atoms with Gasteiger partial charge in [0.1, 0.15) is 6.04 Å². The van der Waals surface area contributed by atoms with Gasteiger partial charge in [-0.15, -0.1) is 0 Å². The minimum atomic E-state index is -0.234. The Morgan fingerprint density at radius 1 is 1.00 bits per heavy atom. The highest BCUT2D eigenvalue weighted by Crippen LogP contribution is 2.23. The van der Waals surface area contributed by atoms with Crippen molar-refractivity contribution in [1.29, 1.82) is 0 Å². The Hall–Kier alpha value is -2.04. The average Bonchev–Trinajstić information content (AvgIpc) is 2.85. The molecule has 2 heterocycles. The maximum absolute atomic E-state index is 12.6. The summed E-state index contributed by atoms with van der Waals surface area (Å²) >= 11 is 0. The lowest BCUT2D eigenvalue weighted by atomic mass is 10.2. The van der Waals surface area contributed by atoms with E-state index in [1.807, 2.05) is 41.0 Å². The lowest BCUT2D eigenvalue weighted by molar-refractivity contribution is -0.131. The number of nitrogens with zero attached hydrogens (tertiary/aromatic N) is 2. The summed E-state index contributed by atoms with van der Waals surface area (Å²) in [7, 11) is 0. The van der Waals surface area contributed by atoms with E-state index in [1.54, 1.807) is 0 Å². The van der Waals surface area contributed by atoms with Gasteiger partial charge in [0.05, 0.1) is 0 Å². The first-order valence-electron chi connectivity index (χ1n) is 9.11. The summed E-state index contributed by atoms with van der Waals surface area (Å²) in [6.45, 7) is 4.47. The number of anilines is 2. The molecule has 0 spiro atoms. The molecule has 24 heavy (non-hydrogen) atoms. The number of hydrogen-bond acceptors (Lipinski definition) is 3. The molecule has 1 N–H and O–H groups in total. The highest BCUT2D eigenvalue weighted by molar-refractivity contribution is 5.95. The fourth-order valence-corrected chi connectivity index (χ4v) is 3.54. The molecule has 1 atom stereocenters. The summed E-state index contributed by atoms with van der Waals surface area (Å²) in [5.41, 5.74) is 1.86. The van der Waals surface area contributed by atoms with Gasteiger partial charge in [0.2, 0.25) is 11.8 Å². The summed E-state index contributed by atoms with van der Waals surface area (Å²) in [5.74, 6) is 0.371. The monoisotopic (exact) mass is 329 g/mol. The van der Waals surface area contributed by atoms with Crippen LogP contribution in [0.25, 0.3) is 0 Å². The Balaban J connectivity index is 1.58. The minimum Gasteiger partial charge on any atom is -0.374 e. The Bertz CT molecular complexity index is 577. The van der Waals surface area contributed by atoms with E-state index in [4.69, 9.17) is 0 Å². The predicted octanol–water partition coefficient (Wildman–Crippen LogP) is 3.02. The van der Waals surface area contributed by atoms with Gasteiger partial charge >= 0.3 is 0 Å². The van der Waals surface area contributed by atoms with Crippen molar-refractivity contribution in [2.45, 2.75) is 51.5 Å². The van der Waals surface area contributed by atoms with Crippen LogP contribution in [0, 0.1) is 0 Å². The van der Waals surface area contributed by atoms with E-state index in [-0.39, 0.29) is 17.9 Å². The van der Waals surface area contributed by atoms with Crippen molar-refractivity contribution >= 4 is 23.2 Å². The SMILES string of the molecule is CC(Nc1ccc(N2CCCC2=O)cc1)C(=O)N1CCCCCC1. The van der Waals surface area contributed by atoms with Gasteiger partial charge in [0, 0.05) is 37.4 Å². The first-order chi connectivity index (χ1) is 11.6. The van der Waals surface area contributed by atoms with Crippen molar-refractivity contribution in [1.82, 2.24) is 4.90 Å². The molecule has 0 aromatic heterocycles. The van der Waals surface area contributed by atoms with Crippen molar-refractivity contribution in [2.24, 2.45) is 0 Å². The average molecular weight is 329 g/mol. The molecule has 130 valence electrons. The van der Waals surface area contributed by atoms with Crippen LogP contribution in [-0.4, -0.2) is 42.4 Å². The van der Waals surface area contributed by atoms with Gasteiger partial charge in [-0.1, -0.05) is 12.8 Å². The van der Waals surface area contributed by atoms with E-state index in [0.29, 0.717) is 6.42 Å².